The molecule has 0 radical (unpaired) electrons. The molecule has 1 aliphatic rings. The second-order valence-electron chi connectivity index (χ2n) is 4.59. The third-order valence-electron chi connectivity index (χ3n) is 3.35. The fraction of sp³-hybridized carbons (Fsp3) is 0.385. The quantitative estimate of drug-likeness (QED) is 0.744. The van der Waals surface area contributed by atoms with Crippen LogP contribution in [0.3, 0.4) is 0 Å². The smallest absolute Gasteiger partial charge is 0.412 e. The first-order chi connectivity index (χ1) is 9.02. The number of hydrogen-bond acceptors (Lipinski definition) is 3. The molecule has 6 heteroatoms. The molecule has 4 nitrogen and oxygen atoms in total. The first-order valence-electron chi connectivity index (χ1n) is 5.98. The number of benzene rings is 1. The molecule has 1 heterocycles. The van der Waals surface area contributed by atoms with Crippen LogP contribution < -0.4 is 0 Å². The van der Waals surface area contributed by atoms with Gasteiger partial charge in [-0.2, -0.15) is 0 Å². The zero-order chi connectivity index (χ0) is 14.0. The molecule has 1 amide bonds. The van der Waals surface area contributed by atoms with Crippen LogP contribution >= 0.6 is 9.47 Å². The summed E-state index contributed by atoms with van der Waals surface area (Å²) in [6.45, 7) is 2.09. The van der Waals surface area contributed by atoms with Crippen molar-refractivity contribution in [3.63, 3.8) is 0 Å². The number of aryl methyl sites for hydroxylation is 1. The van der Waals surface area contributed by atoms with Gasteiger partial charge in [-0.15, -0.1) is 0 Å². The van der Waals surface area contributed by atoms with Crippen LogP contribution in [0.15, 0.2) is 18.2 Å². The van der Waals surface area contributed by atoms with Crippen molar-refractivity contribution in [1.82, 2.24) is 4.90 Å². The summed E-state index contributed by atoms with van der Waals surface area (Å²) in [6.07, 6.45) is 0.0779. The molecule has 19 heavy (non-hydrogen) atoms. The molecule has 0 aliphatic carbocycles. The minimum absolute atomic E-state index is 0.0986. The van der Waals surface area contributed by atoms with Gasteiger partial charge in [-0.1, -0.05) is 6.07 Å². The van der Waals surface area contributed by atoms with Crippen LogP contribution in [0, 0.1) is 12.7 Å². The third-order valence-corrected chi connectivity index (χ3v) is 3.56. The van der Waals surface area contributed by atoms with Crippen molar-refractivity contribution in [1.29, 1.82) is 0 Å². The summed E-state index contributed by atoms with van der Waals surface area (Å²) in [6, 6.07) is 3.98. The second kappa shape index (κ2) is 5.66. The molecule has 1 aliphatic heterocycles. The molecule has 1 fully saturated rings. The van der Waals surface area contributed by atoms with Gasteiger partial charge in [-0.25, -0.2) is 9.18 Å². The van der Waals surface area contributed by atoms with Crippen LogP contribution in [0.2, 0.25) is 0 Å². The molecular formula is C13H15FNO3P. The highest BCUT2D eigenvalue weighted by molar-refractivity contribution is 7.10. The highest BCUT2D eigenvalue weighted by atomic mass is 31.0. The van der Waals surface area contributed by atoms with E-state index in [1.807, 2.05) is 9.47 Å². The summed E-state index contributed by atoms with van der Waals surface area (Å²) in [4.78, 5) is 24.9. The molecule has 2 rings (SSSR count). The van der Waals surface area contributed by atoms with Crippen LogP contribution in [0.1, 0.15) is 30.0 Å². The molecule has 0 saturated carbocycles. The van der Waals surface area contributed by atoms with Crippen molar-refractivity contribution >= 4 is 21.3 Å². The number of likely N-dealkylation sites (tertiary alicyclic amines) is 1. The van der Waals surface area contributed by atoms with Gasteiger partial charge in [-0.3, -0.25) is 4.79 Å². The lowest BCUT2D eigenvalue weighted by Crippen LogP contribution is -2.41. The topological polar surface area (TPSA) is 46.6 Å². The Balaban J connectivity index is 2.36. The Morgan fingerprint density at radius 1 is 1.53 bits per heavy atom. The number of rotatable bonds is 1. The van der Waals surface area contributed by atoms with E-state index in [2.05, 4.69) is 4.52 Å². The number of Topliss-reactive ketones (excluding diaryl/α,β-unsaturated/α-hetero) is 1. The number of carbonyl (C=O) groups is 2. The van der Waals surface area contributed by atoms with Crippen molar-refractivity contribution in [2.24, 2.45) is 0 Å². The maximum absolute atomic E-state index is 13.1. The molecule has 0 N–H and O–H groups in total. The SMILES string of the molecule is Cc1cc(F)ccc1C1CC(=O)CCN1C(=O)OP. The van der Waals surface area contributed by atoms with Crippen LogP contribution in [-0.4, -0.2) is 23.3 Å². The van der Waals surface area contributed by atoms with Gasteiger partial charge in [0.1, 0.15) is 11.6 Å². The Bertz CT molecular complexity index is 521. The number of piperidine rings is 1. The minimum Gasteiger partial charge on any atom is -0.435 e. The molecule has 1 saturated heterocycles. The molecule has 1 aromatic carbocycles. The predicted molar refractivity (Wildman–Crippen MR) is 71.0 cm³/mol. The number of hydrogen-bond donors (Lipinski definition) is 0. The molecule has 102 valence electrons. The maximum atomic E-state index is 13.1. The van der Waals surface area contributed by atoms with Gasteiger partial charge in [0.25, 0.3) is 0 Å². The molecule has 2 atom stereocenters. The lowest BCUT2D eigenvalue weighted by atomic mass is 9.92. The molecule has 0 spiro atoms. The first-order valence-corrected chi connectivity index (χ1v) is 6.45. The lowest BCUT2D eigenvalue weighted by Gasteiger charge is -2.34. The van der Waals surface area contributed by atoms with E-state index in [1.165, 1.54) is 17.0 Å². The van der Waals surface area contributed by atoms with E-state index >= 15 is 0 Å². The van der Waals surface area contributed by atoms with E-state index in [0.717, 1.165) is 11.1 Å². The largest absolute Gasteiger partial charge is 0.435 e. The van der Waals surface area contributed by atoms with E-state index < -0.39 is 6.09 Å². The van der Waals surface area contributed by atoms with Crippen molar-refractivity contribution in [3.8, 4) is 0 Å². The normalized spacial score (nSPS) is 19.4. The summed E-state index contributed by atoms with van der Waals surface area (Å²) in [5.74, 6) is -0.231. The summed E-state index contributed by atoms with van der Waals surface area (Å²) in [5.41, 5.74) is 1.51. The van der Waals surface area contributed by atoms with Gasteiger partial charge in [0.05, 0.1) is 15.5 Å². The fourth-order valence-electron chi connectivity index (χ4n) is 2.41. The molecule has 0 bridgehead atoms. The summed E-state index contributed by atoms with van der Waals surface area (Å²) >= 11 is 0. The number of halogens is 1. The molecule has 1 aromatic rings. The Morgan fingerprint density at radius 2 is 2.26 bits per heavy atom. The molecule has 2 unspecified atom stereocenters. The first kappa shape index (κ1) is 13.9. The maximum Gasteiger partial charge on any atom is 0.412 e. The Labute approximate surface area is 113 Å². The highest BCUT2D eigenvalue weighted by Gasteiger charge is 2.33. The number of ketones is 1. The number of nitrogens with zero attached hydrogens (tertiary/aromatic N) is 1. The van der Waals surface area contributed by atoms with Crippen molar-refractivity contribution < 1.29 is 18.5 Å². The van der Waals surface area contributed by atoms with Crippen molar-refractivity contribution in [2.45, 2.75) is 25.8 Å². The van der Waals surface area contributed by atoms with Gasteiger partial charge < -0.3 is 9.42 Å². The van der Waals surface area contributed by atoms with E-state index in [4.69, 9.17) is 0 Å². The predicted octanol–water partition coefficient (Wildman–Crippen LogP) is 2.77. The summed E-state index contributed by atoms with van der Waals surface area (Å²) in [7, 11) is 1.91. The van der Waals surface area contributed by atoms with Gasteiger partial charge in [0.2, 0.25) is 0 Å². The average molecular weight is 283 g/mol. The van der Waals surface area contributed by atoms with Gasteiger partial charge in [0, 0.05) is 19.4 Å². The van der Waals surface area contributed by atoms with Crippen molar-refractivity contribution in [3.05, 3.63) is 35.1 Å². The lowest BCUT2D eigenvalue weighted by molar-refractivity contribution is -0.122. The summed E-state index contributed by atoms with van der Waals surface area (Å²) in [5, 5.41) is 0. The molecular weight excluding hydrogens is 268 g/mol. The standard InChI is InChI=1S/C13H15FNO3P/c1-8-6-9(14)2-3-11(8)12-7-10(16)4-5-15(12)13(17)18-19/h2-3,6,12H,4-5,7,19H2,1H3. The fourth-order valence-corrected chi connectivity index (χ4v) is 2.54. The van der Waals surface area contributed by atoms with Gasteiger partial charge >= 0.3 is 6.09 Å². The third kappa shape index (κ3) is 2.92. The van der Waals surface area contributed by atoms with E-state index in [0.29, 0.717) is 13.0 Å². The summed E-state index contributed by atoms with van der Waals surface area (Å²) < 4.78 is 17.8. The highest BCUT2D eigenvalue weighted by Crippen LogP contribution is 2.32. The van der Waals surface area contributed by atoms with Gasteiger partial charge in [0.15, 0.2) is 0 Å². The number of carbonyl (C=O) groups excluding carboxylic acids is 2. The minimum atomic E-state index is -0.494. The second-order valence-corrected chi connectivity index (χ2v) is 4.82. The monoisotopic (exact) mass is 283 g/mol. The Kier molecular flexibility index (Phi) is 4.15. The number of amides is 1. The molecule has 0 aromatic heterocycles. The zero-order valence-corrected chi connectivity index (χ0v) is 11.7. The van der Waals surface area contributed by atoms with Crippen LogP contribution in [0.4, 0.5) is 9.18 Å². The Morgan fingerprint density at radius 3 is 2.89 bits per heavy atom. The zero-order valence-electron chi connectivity index (χ0n) is 10.6. The van der Waals surface area contributed by atoms with E-state index in [-0.39, 0.29) is 24.1 Å². The van der Waals surface area contributed by atoms with Crippen LogP contribution in [0.25, 0.3) is 0 Å². The van der Waals surface area contributed by atoms with E-state index in [1.54, 1.807) is 13.0 Å². The van der Waals surface area contributed by atoms with Crippen LogP contribution in [-0.2, 0) is 9.32 Å². The van der Waals surface area contributed by atoms with E-state index in [9.17, 15) is 14.0 Å². The Hall–Kier alpha value is -1.48. The van der Waals surface area contributed by atoms with Crippen LogP contribution in [0.5, 0.6) is 0 Å². The van der Waals surface area contributed by atoms with Gasteiger partial charge in [-0.05, 0) is 30.2 Å². The van der Waals surface area contributed by atoms with Crippen molar-refractivity contribution in [2.75, 3.05) is 6.54 Å². The average Bonchev–Trinajstić information content (AvgIpc) is 2.38.